The van der Waals surface area contributed by atoms with Gasteiger partial charge in [0.25, 0.3) is 5.91 Å². The van der Waals surface area contributed by atoms with E-state index in [2.05, 4.69) is 9.88 Å². The lowest BCUT2D eigenvalue weighted by Crippen LogP contribution is -2.36. The number of amides is 1. The molecule has 1 aromatic rings. The Morgan fingerprint density at radius 2 is 2.10 bits per heavy atom. The largest absolute Gasteiger partial charge is 0.376 e. The van der Waals surface area contributed by atoms with Gasteiger partial charge in [-0.05, 0) is 31.7 Å². The molecule has 2 heterocycles. The Bertz CT molecular complexity index is 443. The molecule has 2 fully saturated rings. The van der Waals surface area contributed by atoms with E-state index >= 15 is 0 Å². The summed E-state index contributed by atoms with van der Waals surface area (Å²) in [5.41, 5.74) is 0.772. The highest BCUT2D eigenvalue weighted by Crippen LogP contribution is 2.18. The number of ether oxygens (including phenoxy) is 1. The van der Waals surface area contributed by atoms with Gasteiger partial charge < -0.3 is 14.6 Å². The third kappa shape index (κ3) is 3.42. The SMILES string of the molecule is O=C(NC1CCCCC1)c1ccn(C[C@H]2CCCO2)c1. The Morgan fingerprint density at radius 1 is 1.25 bits per heavy atom. The first-order chi connectivity index (χ1) is 9.81. The molecule has 4 heteroatoms. The highest BCUT2D eigenvalue weighted by Gasteiger charge is 2.19. The summed E-state index contributed by atoms with van der Waals surface area (Å²) in [7, 11) is 0. The molecular weight excluding hydrogens is 252 g/mol. The molecule has 3 rings (SSSR count). The monoisotopic (exact) mass is 276 g/mol. The van der Waals surface area contributed by atoms with Crippen LogP contribution in [0.3, 0.4) is 0 Å². The van der Waals surface area contributed by atoms with E-state index in [1.807, 2.05) is 18.5 Å². The molecule has 20 heavy (non-hydrogen) atoms. The maximum atomic E-state index is 12.2. The summed E-state index contributed by atoms with van der Waals surface area (Å²) in [6.07, 6.45) is 12.6. The van der Waals surface area contributed by atoms with E-state index in [9.17, 15) is 4.79 Å². The van der Waals surface area contributed by atoms with Gasteiger partial charge in [-0.1, -0.05) is 19.3 Å². The van der Waals surface area contributed by atoms with Crippen molar-refractivity contribution in [2.75, 3.05) is 6.61 Å². The van der Waals surface area contributed by atoms with Gasteiger partial charge in [-0.2, -0.15) is 0 Å². The van der Waals surface area contributed by atoms with Crippen molar-refractivity contribution in [2.24, 2.45) is 0 Å². The minimum atomic E-state index is 0.0722. The van der Waals surface area contributed by atoms with Crippen LogP contribution in [0, 0.1) is 0 Å². The summed E-state index contributed by atoms with van der Waals surface area (Å²) in [4.78, 5) is 12.2. The van der Waals surface area contributed by atoms with Crippen LogP contribution >= 0.6 is 0 Å². The van der Waals surface area contributed by atoms with Crippen LogP contribution in [0.2, 0.25) is 0 Å². The van der Waals surface area contributed by atoms with Gasteiger partial charge >= 0.3 is 0 Å². The smallest absolute Gasteiger partial charge is 0.253 e. The molecule has 4 nitrogen and oxygen atoms in total. The molecule has 1 aliphatic heterocycles. The highest BCUT2D eigenvalue weighted by molar-refractivity contribution is 5.94. The molecule has 1 saturated carbocycles. The molecule has 0 unspecified atom stereocenters. The number of carbonyl (C=O) groups is 1. The molecule has 0 radical (unpaired) electrons. The molecular formula is C16H24N2O2. The first-order valence-corrected chi connectivity index (χ1v) is 7.89. The molecule has 1 saturated heterocycles. The standard InChI is InChI=1S/C16H24N2O2/c19-16(17-14-5-2-1-3-6-14)13-8-9-18(11-13)12-15-7-4-10-20-15/h8-9,11,14-15H,1-7,10,12H2,(H,17,19)/t15-/m1/s1. The van der Waals surface area contributed by atoms with Crippen molar-refractivity contribution in [3.8, 4) is 0 Å². The number of aromatic nitrogens is 1. The fourth-order valence-electron chi connectivity index (χ4n) is 3.23. The van der Waals surface area contributed by atoms with E-state index < -0.39 is 0 Å². The zero-order chi connectivity index (χ0) is 13.8. The number of nitrogens with one attached hydrogen (secondary N) is 1. The molecule has 0 bridgehead atoms. The summed E-state index contributed by atoms with van der Waals surface area (Å²) in [5.74, 6) is 0.0722. The second-order valence-corrected chi connectivity index (χ2v) is 6.04. The van der Waals surface area contributed by atoms with Gasteiger partial charge in [0, 0.05) is 31.6 Å². The number of hydrogen-bond donors (Lipinski definition) is 1. The van der Waals surface area contributed by atoms with Crippen molar-refractivity contribution >= 4 is 5.91 Å². The van der Waals surface area contributed by atoms with E-state index in [4.69, 9.17) is 4.74 Å². The Kier molecular flexibility index (Phi) is 4.41. The van der Waals surface area contributed by atoms with Gasteiger partial charge in [-0.25, -0.2) is 0 Å². The van der Waals surface area contributed by atoms with Crippen molar-refractivity contribution in [1.82, 2.24) is 9.88 Å². The Labute approximate surface area is 120 Å². The van der Waals surface area contributed by atoms with Gasteiger partial charge in [0.05, 0.1) is 11.7 Å². The lowest BCUT2D eigenvalue weighted by molar-refractivity contribution is 0.0922. The van der Waals surface area contributed by atoms with E-state index in [1.54, 1.807) is 0 Å². The van der Waals surface area contributed by atoms with Crippen LogP contribution in [0.4, 0.5) is 0 Å². The summed E-state index contributed by atoms with van der Waals surface area (Å²) in [5, 5.41) is 3.16. The van der Waals surface area contributed by atoms with Crippen LogP contribution in [0.1, 0.15) is 55.3 Å². The Morgan fingerprint density at radius 3 is 2.85 bits per heavy atom. The van der Waals surface area contributed by atoms with Crippen LogP contribution in [0.25, 0.3) is 0 Å². The summed E-state index contributed by atoms with van der Waals surface area (Å²) < 4.78 is 7.70. The number of rotatable bonds is 4. The maximum Gasteiger partial charge on any atom is 0.253 e. The highest BCUT2D eigenvalue weighted by atomic mass is 16.5. The van der Waals surface area contributed by atoms with Crippen molar-refractivity contribution in [3.63, 3.8) is 0 Å². The predicted octanol–water partition coefficient (Wildman–Crippen LogP) is 2.73. The van der Waals surface area contributed by atoms with Crippen LogP contribution in [-0.2, 0) is 11.3 Å². The fourth-order valence-corrected chi connectivity index (χ4v) is 3.23. The quantitative estimate of drug-likeness (QED) is 0.919. The Balaban J connectivity index is 1.53. The topological polar surface area (TPSA) is 43.3 Å². The number of hydrogen-bond acceptors (Lipinski definition) is 2. The van der Waals surface area contributed by atoms with Gasteiger partial charge in [0.15, 0.2) is 0 Å². The number of nitrogens with zero attached hydrogens (tertiary/aromatic N) is 1. The van der Waals surface area contributed by atoms with E-state index in [0.717, 1.165) is 44.4 Å². The minimum Gasteiger partial charge on any atom is -0.376 e. The first-order valence-electron chi connectivity index (χ1n) is 7.89. The van der Waals surface area contributed by atoms with Gasteiger partial charge in [0.1, 0.15) is 0 Å². The van der Waals surface area contributed by atoms with Crippen molar-refractivity contribution in [2.45, 2.75) is 63.6 Å². The molecule has 1 aromatic heterocycles. The van der Waals surface area contributed by atoms with Crippen LogP contribution in [0.5, 0.6) is 0 Å². The second kappa shape index (κ2) is 6.44. The van der Waals surface area contributed by atoms with Crippen LogP contribution < -0.4 is 5.32 Å². The Hall–Kier alpha value is -1.29. The first kappa shape index (κ1) is 13.7. The molecule has 1 atom stereocenters. The summed E-state index contributed by atoms with van der Waals surface area (Å²) in [6, 6.07) is 2.28. The van der Waals surface area contributed by atoms with Gasteiger partial charge in [0.2, 0.25) is 0 Å². The van der Waals surface area contributed by atoms with Crippen LogP contribution in [0.15, 0.2) is 18.5 Å². The van der Waals surface area contributed by atoms with Crippen LogP contribution in [-0.4, -0.2) is 29.2 Å². The molecule has 1 amide bonds. The average molecular weight is 276 g/mol. The van der Waals surface area contributed by atoms with Gasteiger partial charge in [-0.3, -0.25) is 4.79 Å². The van der Waals surface area contributed by atoms with E-state index in [0.29, 0.717) is 12.1 Å². The molecule has 1 aliphatic carbocycles. The van der Waals surface area contributed by atoms with E-state index in [-0.39, 0.29) is 5.91 Å². The third-order valence-electron chi connectivity index (χ3n) is 4.39. The molecule has 0 aromatic carbocycles. The normalized spacial score (nSPS) is 23.9. The van der Waals surface area contributed by atoms with E-state index in [1.165, 1.54) is 19.3 Å². The zero-order valence-electron chi connectivity index (χ0n) is 12.0. The maximum absolute atomic E-state index is 12.2. The molecule has 1 N–H and O–H groups in total. The third-order valence-corrected chi connectivity index (χ3v) is 4.39. The van der Waals surface area contributed by atoms with Gasteiger partial charge in [-0.15, -0.1) is 0 Å². The zero-order valence-corrected chi connectivity index (χ0v) is 12.0. The summed E-state index contributed by atoms with van der Waals surface area (Å²) in [6.45, 7) is 1.73. The lowest BCUT2D eigenvalue weighted by Gasteiger charge is -2.22. The van der Waals surface area contributed by atoms with Crippen molar-refractivity contribution in [1.29, 1.82) is 0 Å². The molecule has 2 aliphatic rings. The average Bonchev–Trinajstić information content (AvgIpc) is 3.12. The predicted molar refractivity (Wildman–Crippen MR) is 77.7 cm³/mol. The second-order valence-electron chi connectivity index (χ2n) is 6.04. The van der Waals surface area contributed by atoms with Crippen molar-refractivity contribution < 1.29 is 9.53 Å². The minimum absolute atomic E-state index is 0.0722. The molecule has 110 valence electrons. The molecule has 0 spiro atoms. The summed E-state index contributed by atoms with van der Waals surface area (Å²) >= 11 is 0. The van der Waals surface area contributed by atoms with Crippen molar-refractivity contribution in [3.05, 3.63) is 24.0 Å². The number of carbonyl (C=O) groups excluding carboxylic acids is 1. The fraction of sp³-hybridized carbons (Fsp3) is 0.688. The lowest BCUT2D eigenvalue weighted by atomic mass is 9.95.